The smallest absolute Gasteiger partial charge is 0.263 e. The molecule has 0 saturated carbocycles. The molecule has 154 valence electrons. The van der Waals surface area contributed by atoms with E-state index >= 15 is 0 Å². The number of ether oxygens (including phenoxy) is 2. The molecule has 4 rings (SSSR count). The molecule has 0 aliphatic carbocycles. The van der Waals surface area contributed by atoms with E-state index < -0.39 is 6.10 Å². The fraction of sp³-hybridized carbons (Fsp3) is 0.500. The van der Waals surface area contributed by atoms with Crippen molar-refractivity contribution >= 4 is 5.91 Å². The Hall–Kier alpha value is -2.67. The van der Waals surface area contributed by atoms with E-state index in [2.05, 4.69) is 10.3 Å². The molecule has 7 heteroatoms. The molecule has 1 aromatic carbocycles. The highest BCUT2D eigenvalue weighted by molar-refractivity contribution is 5.81. The lowest BCUT2D eigenvalue weighted by molar-refractivity contribution is -0.138. The average Bonchev–Trinajstić information content (AvgIpc) is 3.29. The van der Waals surface area contributed by atoms with Crippen molar-refractivity contribution in [3.63, 3.8) is 0 Å². The Kier molecular flexibility index (Phi) is 5.94. The minimum Gasteiger partial charge on any atom is -0.494 e. The van der Waals surface area contributed by atoms with Crippen LogP contribution in [-0.4, -0.2) is 46.6 Å². The van der Waals surface area contributed by atoms with E-state index in [9.17, 15) is 4.79 Å². The molecule has 1 saturated heterocycles. The van der Waals surface area contributed by atoms with Crippen molar-refractivity contribution in [3.8, 4) is 11.5 Å². The van der Waals surface area contributed by atoms with Crippen LogP contribution in [0.15, 0.2) is 30.5 Å². The summed E-state index contributed by atoms with van der Waals surface area (Å²) in [5, 5.41) is 3.44. The van der Waals surface area contributed by atoms with Gasteiger partial charge in [-0.1, -0.05) is 0 Å². The predicted molar refractivity (Wildman–Crippen MR) is 109 cm³/mol. The Morgan fingerprint density at radius 3 is 2.83 bits per heavy atom. The molecule has 1 amide bonds. The van der Waals surface area contributed by atoms with Crippen molar-refractivity contribution in [2.24, 2.45) is 0 Å². The molecule has 29 heavy (non-hydrogen) atoms. The highest BCUT2D eigenvalue weighted by atomic mass is 16.5. The van der Waals surface area contributed by atoms with Gasteiger partial charge in [0.15, 0.2) is 6.10 Å². The van der Waals surface area contributed by atoms with Crippen LogP contribution in [0.3, 0.4) is 0 Å². The molecule has 2 aromatic rings. The second-order valence-corrected chi connectivity index (χ2v) is 7.52. The van der Waals surface area contributed by atoms with Crippen LogP contribution in [0.4, 0.5) is 0 Å². The minimum absolute atomic E-state index is 0.0222. The maximum absolute atomic E-state index is 12.9. The number of rotatable bonds is 6. The zero-order valence-corrected chi connectivity index (χ0v) is 17.1. The Morgan fingerprint density at radius 2 is 2.10 bits per heavy atom. The highest BCUT2D eigenvalue weighted by Gasteiger charge is 2.28. The molecule has 0 radical (unpaired) electrons. The van der Waals surface area contributed by atoms with Crippen LogP contribution in [0.25, 0.3) is 0 Å². The first kappa shape index (κ1) is 19.6. The predicted octanol–water partition coefficient (Wildman–Crippen LogP) is 2.65. The van der Waals surface area contributed by atoms with E-state index in [4.69, 9.17) is 14.5 Å². The number of nitrogens with zero attached hydrogens (tertiary/aromatic N) is 3. The zero-order valence-electron chi connectivity index (χ0n) is 17.1. The van der Waals surface area contributed by atoms with Crippen molar-refractivity contribution < 1.29 is 14.3 Å². The van der Waals surface area contributed by atoms with Gasteiger partial charge in [-0.05, 0) is 57.5 Å². The van der Waals surface area contributed by atoms with Gasteiger partial charge in [-0.25, -0.2) is 9.97 Å². The summed E-state index contributed by atoms with van der Waals surface area (Å²) in [4.78, 5) is 24.0. The van der Waals surface area contributed by atoms with Gasteiger partial charge >= 0.3 is 0 Å². The third-order valence-corrected chi connectivity index (χ3v) is 5.43. The number of carbonyl (C=O) groups is 1. The van der Waals surface area contributed by atoms with Crippen LogP contribution in [0.1, 0.15) is 49.8 Å². The summed E-state index contributed by atoms with van der Waals surface area (Å²) in [5.41, 5.74) is 2.09. The molecule has 1 N–H and O–H groups in total. The molecule has 2 atom stereocenters. The van der Waals surface area contributed by atoms with Gasteiger partial charge < -0.3 is 19.7 Å². The van der Waals surface area contributed by atoms with Gasteiger partial charge in [0.05, 0.1) is 18.3 Å². The van der Waals surface area contributed by atoms with Gasteiger partial charge in [0.25, 0.3) is 5.91 Å². The number of amides is 1. The van der Waals surface area contributed by atoms with Gasteiger partial charge in [0.1, 0.15) is 17.3 Å². The van der Waals surface area contributed by atoms with E-state index in [0.29, 0.717) is 25.4 Å². The van der Waals surface area contributed by atoms with Crippen LogP contribution in [0.2, 0.25) is 0 Å². The quantitative estimate of drug-likeness (QED) is 0.809. The third kappa shape index (κ3) is 4.50. The number of carbonyl (C=O) groups excluding carboxylic acids is 1. The number of hydrogen-bond donors (Lipinski definition) is 1. The number of fused-ring (bicyclic) bond motifs is 1. The maximum atomic E-state index is 12.9. The second-order valence-electron chi connectivity index (χ2n) is 7.52. The number of nitrogens with one attached hydrogen (secondary N) is 1. The molecular formula is C22H28N4O3. The lowest BCUT2D eigenvalue weighted by Crippen LogP contribution is -2.43. The van der Waals surface area contributed by atoms with Crippen molar-refractivity contribution in [2.75, 3.05) is 19.7 Å². The molecule has 0 unspecified atom stereocenters. The first-order chi connectivity index (χ1) is 14.1. The first-order valence-corrected chi connectivity index (χ1v) is 10.4. The molecule has 2 aliphatic heterocycles. The molecule has 1 fully saturated rings. The van der Waals surface area contributed by atoms with E-state index in [0.717, 1.165) is 42.2 Å². The van der Waals surface area contributed by atoms with Gasteiger partial charge in [-0.3, -0.25) is 4.79 Å². The summed E-state index contributed by atoms with van der Waals surface area (Å²) in [6.45, 7) is 6.56. The van der Waals surface area contributed by atoms with Gasteiger partial charge in [-0.15, -0.1) is 0 Å². The third-order valence-electron chi connectivity index (χ3n) is 5.43. The van der Waals surface area contributed by atoms with Crippen molar-refractivity contribution in [3.05, 3.63) is 47.5 Å². The zero-order chi connectivity index (χ0) is 20.2. The van der Waals surface area contributed by atoms with E-state index in [1.807, 2.05) is 42.3 Å². The topological polar surface area (TPSA) is 76.6 Å². The molecule has 3 heterocycles. The fourth-order valence-corrected chi connectivity index (χ4v) is 3.89. The Balaban J connectivity index is 1.37. The second kappa shape index (κ2) is 8.78. The van der Waals surface area contributed by atoms with Gasteiger partial charge in [-0.2, -0.15) is 0 Å². The lowest BCUT2D eigenvalue weighted by atomic mass is 10.1. The SMILES string of the molecule is CCOc1ccc(O[C@H](C)C(=O)N2CCc3nc([C@H]4CCCN4)ncc3C2)cc1. The normalized spacial score (nSPS) is 19.5. The van der Waals surface area contributed by atoms with E-state index in [-0.39, 0.29) is 11.9 Å². The first-order valence-electron chi connectivity index (χ1n) is 10.4. The van der Waals surface area contributed by atoms with Crippen molar-refractivity contribution in [1.29, 1.82) is 0 Å². The largest absolute Gasteiger partial charge is 0.494 e. The molecule has 0 spiro atoms. The number of hydrogen-bond acceptors (Lipinski definition) is 6. The Bertz CT molecular complexity index is 850. The van der Waals surface area contributed by atoms with Crippen molar-refractivity contribution in [1.82, 2.24) is 20.2 Å². The summed E-state index contributed by atoms with van der Waals surface area (Å²) in [7, 11) is 0. The van der Waals surface area contributed by atoms with Crippen LogP contribution >= 0.6 is 0 Å². The summed E-state index contributed by atoms with van der Waals surface area (Å²) < 4.78 is 11.3. The fourth-order valence-electron chi connectivity index (χ4n) is 3.89. The standard InChI is InChI=1S/C22H28N4O3/c1-3-28-17-6-8-18(9-7-17)29-15(2)22(27)26-12-10-19-16(14-26)13-24-21(25-19)20-5-4-11-23-20/h6-9,13,15,20,23H,3-5,10-12,14H2,1-2H3/t15-,20-/m1/s1. The van der Waals surface area contributed by atoms with Crippen LogP contribution < -0.4 is 14.8 Å². The van der Waals surface area contributed by atoms with E-state index in [1.165, 1.54) is 6.42 Å². The summed E-state index contributed by atoms with van der Waals surface area (Å²) in [6.07, 6.45) is 4.33. The summed E-state index contributed by atoms with van der Waals surface area (Å²) >= 11 is 0. The molecule has 1 aromatic heterocycles. The summed E-state index contributed by atoms with van der Waals surface area (Å²) in [5.74, 6) is 2.31. The maximum Gasteiger partial charge on any atom is 0.263 e. The number of aromatic nitrogens is 2. The minimum atomic E-state index is -0.558. The van der Waals surface area contributed by atoms with Crippen molar-refractivity contribution in [2.45, 2.75) is 51.8 Å². The Morgan fingerprint density at radius 1 is 1.31 bits per heavy atom. The van der Waals surface area contributed by atoms with Crippen LogP contribution in [-0.2, 0) is 17.8 Å². The van der Waals surface area contributed by atoms with Gasteiger partial charge in [0.2, 0.25) is 0 Å². The monoisotopic (exact) mass is 396 g/mol. The average molecular weight is 396 g/mol. The molecule has 7 nitrogen and oxygen atoms in total. The van der Waals surface area contributed by atoms with Crippen LogP contribution in [0.5, 0.6) is 11.5 Å². The van der Waals surface area contributed by atoms with E-state index in [1.54, 1.807) is 6.92 Å². The summed E-state index contributed by atoms with van der Waals surface area (Å²) in [6, 6.07) is 7.62. The van der Waals surface area contributed by atoms with Crippen LogP contribution in [0, 0.1) is 0 Å². The van der Waals surface area contributed by atoms with Gasteiger partial charge in [0, 0.05) is 31.3 Å². The number of benzene rings is 1. The highest BCUT2D eigenvalue weighted by Crippen LogP contribution is 2.24. The Labute approximate surface area is 171 Å². The molecule has 0 bridgehead atoms. The lowest BCUT2D eigenvalue weighted by Gasteiger charge is -2.30. The molecular weight excluding hydrogens is 368 g/mol. The molecule has 2 aliphatic rings.